The second kappa shape index (κ2) is 6.97. The third kappa shape index (κ3) is 4.64. The van der Waals surface area contributed by atoms with Gasteiger partial charge in [-0.1, -0.05) is 20.8 Å². The molecule has 0 spiro atoms. The molecule has 0 aromatic heterocycles. The Morgan fingerprint density at radius 1 is 1.24 bits per heavy atom. The molecule has 4 nitrogen and oxygen atoms in total. The molecule has 0 radical (unpaired) electrons. The minimum atomic E-state index is 0.247. The average molecular weight is 241 g/mol. The molecular formula is C13H27N3O. The van der Waals surface area contributed by atoms with E-state index in [1.807, 2.05) is 4.90 Å². The molecule has 0 saturated carbocycles. The van der Waals surface area contributed by atoms with Crippen LogP contribution in [0.2, 0.25) is 0 Å². The van der Waals surface area contributed by atoms with Crippen molar-refractivity contribution in [3.05, 3.63) is 0 Å². The molecule has 0 bridgehead atoms. The highest BCUT2D eigenvalue weighted by molar-refractivity contribution is 5.78. The van der Waals surface area contributed by atoms with Gasteiger partial charge in [0.15, 0.2) is 0 Å². The summed E-state index contributed by atoms with van der Waals surface area (Å²) in [7, 11) is 2.10. The molecule has 1 amide bonds. The SMILES string of the molecule is CCC(NCC(=O)N1CCN(C)CC1)C(C)C. The second-order valence-electron chi connectivity index (χ2n) is 5.32. The predicted molar refractivity (Wildman–Crippen MR) is 71.0 cm³/mol. The average Bonchev–Trinajstić information content (AvgIpc) is 2.30. The molecule has 0 aromatic rings. The molecule has 1 aliphatic heterocycles. The molecule has 1 unspecified atom stereocenters. The smallest absolute Gasteiger partial charge is 0.236 e. The Morgan fingerprint density at radius 2 is 1.82 bits per heavy atom. The molecule has 1 fully saturated rings. The van der Waals surface area contributed by atoms with Gasteiger partial charge in [0.05, 0.1) is 6.54 Å². The van der Waals surface area contributed by atoms with E-state index in [0.717, 1.165) is 32.6 Å². The largest absolute Gasteiger partial charge is 0.339 e. The number of piperazine rings is 1. The maximum Gasteiger partial charge on any atom is 0.236 e. The Morgan fingerprint density at radius 3 is 2.29 bits per heavy atom. The first-order valence-corrected chi connectivity index (χ1v) is 6.74. The van der Waals surface area contributed by atoms with E-state index in [1.54, 1.807) is 0 Å². The van der Waals surface area contributed by atoms with Gasteiger partial charge in [-0.05, 0) is 19.4 Å². The standard InChI is InChI=1S/C13H27N3O/c1-5-12(11(2)3)14-10-13(17)16-8-6-15(4)7-9-16/h11-12,14H,5-10H2,1-4H3. The van der Waals surface area contributed by atoms with Gasteiger partial charge < -0.3 is 15.1 Å². The molecular weight excluding hydrogens is 214 g/mol. The number of likely N-dealkylation sites (N-methyl/N-ethyl adjacent to an activating group) is 1. The number of amides is 1. The summed E-state index contributed by atoms with van der Waals surface area (Å²) in [5.74, 6) is 0.831. The van der Waals surface area contributed by atoms with E-state index in [2.05, 4.69) is 38.0 Å². The van der Waals surface area contributed by atoms with Gasteiger partial charge in [-0.3, -0.25) is 4.79 Å². The first kappa shape index (κ1) is 14.5. The maximum absolute atomic E-state index is 12.0. The fourth-order valence-electron chi connectivity index (χ4n) is 2.24. The van der Waals surface area contributed by atoms with Crippen LogP contribution in [-0.4, -0.2) is 61.5 Å². The molecule has 1 saturated heterocycles. The summed E-state index contributed by atoms with van der Waals surface area (Å²) in [4.78, 5) is 16.2. The monoisotopic (exact) mass is 241 g/mol. The normalized spacial score (nSPS) is 19.7. The summed E-state index contributed by atoms with van der Waals surface area (Å²) in [6.45, 7) is 10.8. The van der Waals surface area contributed by atoms with Crippen molar-refractivity contribution in [1.82, 2.24) is 15.1 Å². The van der Waals surface area contributed by atoms with E-state index >= 15 is 0 Å². The third-order valence-corrected chi connectivity index (χ3v) is 3.62. The van der Waals surface area contributed by atoms with Crippen molar-refractivity contribution < 1.29 is 4.79 Å². The summed E-state index contributed by atoms with van der Waals surface area (Å²) < 4.78 is 0. The van der Waals surface area contributed by atoms with Crippen LogP contribution in [0.4, 0.5) is 0 Å². The van der Waals surface area contributed by atoms with Crippen molar-refractivity contribution in [2.75, 3.05) is 39.8 Å². The van der Waals surface area contributed by atoms with E-state index in [4.69, 9.17) is 0 Å². The lowest BCUT2D eigenvalue weighted by Gasteiger charge is -2.33. The van der Waals surface area contributed by atoms with E-state index in [1.165, 1.54) is 0 Å². The maximum atomic E-state index is 12.0. The number of hydrogen-bond acceptors (Lipinski definition) is 3. The fraction of sp³-hybridized carbons (Fsp3) is 0.923. The fourth-order valence-corrected chi connectivity index (χ4v) is 2.24. The predicted octanol–water partition coefficient (Wildman–Crippen LogP) is 0.785. The quantitative estimate of drug-likeness (QED) is 0.773. The van der Waals surface area contributed by atoms with Gasteiger partial charge in [-0.15, -0.1) is 0 Å². The van der Waals surface area contributed by atoms with Crippen LogP contribution in [0.3, 0.4) is 0 Å². The van der Waals surface area contributed by atoms with E-state index in [9.17, 15) is 4.79 Å². The summed E-state index contributed by atoms with van der Waals surface area (Å²) in [5, 5.41) is 3.37. The van der Waals surface area contributed by atoms with Crippen LogP contribution in [-0.2, 0) is 4.79 Å². The topological polar surface area (TPSA) is 35.6 Å². The Balaban J connectivity index is 2.29. The Hall–Kier alpha value is -0.610. The molecule has 100 valence electrons. The van der Waals surface area contributed by atoms with Gasteiger partial charge in [-0.25, -0.2) is 0 Å². The van der Waals surface area contributed by atoms with Crippen LogP contribution in [0.1, 0.15) is 27.2 Å². The summed E-state index contributed by atoms with van der Waals surface area (Å²) in [6, 6.07) is 0.450. The molecule has 1 N–H and O–H groups in total. The molecule has 0 aliphatic carbocycles. The third-order valence-electron chi connectivity index (χ3n) is 3.62. The van der Waals surface area contributed by atoms with Crippen LogP contribution in [0.15, 0.2) is 0 Å². The molecule has 4 heteroatoms. The van der Waals surface area contributed by atoms with E-state index < -0.39 is 0 Å². The van der Waals surface area contributed by atoms with Gasteiger partial charge in [0.1, 0.15) is 0 Å². The molecule has 1 rings (SSSR count). The van der Waals surface area contributed by atoms with Crippen LogP contribution < -0.4 is 5.32 Å². The van der Waals surface area contributed by atoms with Gasteiger partial charge in [0, 0.05) is 32.2 Å². The zero-order valence-corrected chi connectivity index (χ0v) is 11.7. The summed E-state index contributed by atoms with van der Waals surface area (Å²) >= 11 is 0. The summed E-state index contributed by atoms with van der Waals surface area (Å²) in [5.41, 5.74) is 0. The first-order chi connectivity index (χ1) is 8.04. The van der Waals surface area contributed by atoms with Crippen molar-refractivity contribution in [3.63, 3.8) is 0 Å². The van der Waals surface area contributed by atoms with Crippen molar-refractivity contribution >= 4 is 5.91 Å². The number of carbonyl (C=O) groups is 1. The lowest BCUT2D eigenvalue weighted by atomic mass is 10.0. The number of nitrogens with zero attached hydrogens (tertiary/aromatic N) is 2. The Bertz CT molecular complexity index is 235. The molecule has 1 aliphatic rings. The van der Waals surface area contributed by atoms with Crippen LogP contribution in [0.25, 0.3) is 0 Å². The molecule has 0 aromatic carbocycles. The zero-order valence-electron chi connectivity index (χ0n) is 11.7. The lowest BCUT2D eigenvalue weighted by molar-refractivity contribution is -0.132. The van der Waals surface area contributed by atoms with Crippen LogP contribution in [0, 0.1) is 5.92 Å². The number of nitrogens with one attached hydrogen (secondary N) is 1. The lowest BCUT2D eigenvalue weighted by Crippen LogP contribution is -2.50. The molecule has 1 heterocycles. The Kier molecular flexibility index (Phi) is 5.92. The number of hydrogen-bond donors (Lipinski definition) is 1. The summed E-state index contributed by atoms with van der Waals surface area (Å²) in [6.07, 6.45) is 1.08. The highest BCUT2D eigenvalue weighted by Crippen LogP contribution is 2.05. The highest BCUT2D eigenvalue weighted by atomic mass is 16.2. The van der Waals surface area contributed by atoms with Crippen molar-refractivity contribution in [1.29, 1.82) is 0 Å². The molecule has 17 heavy (non-hydrogen) atoms. The second-order valence-corrected chi connectivity index (χ2v) is 5.32. The van der Waals surface area contributed by atoms with Gasteiger partial charge in [0.25, 0.3) is 0 Å². The van der Waals surface area contributed by atoms with E-state index in [-0.39, 0.29) is 5.91 Å². The Labute approximate surface area is 105 Å². The minimum absolute atomic E-state index is 0.247. The van der Waals surface area contributed by atoms with Gasteiger partial charge in [-0.2, -0.15) is 0 Å². The highest BCUT2D eigenvalue weighted by Gasteiger charge is 2.20. The van der Waals surface area contributed by atoms with Crippen molar-refractivity contribution in [3.8, 4) is 0 Å². The zero-order chi connectivity index (χ0) is 12.8. The number of rotatable bonds is 5. The first-order valence-electron chi connectivity index (χ1n) is 6.74. The van der Waals surface area contributed by atoms with Crippen LogP contribution >= 0.6 is 0 Å². The van der Waals surface area contributed by atoms with Crippen molar-refractivity contribution in [2.45, 2.75) is 33.2 Å². The number of carbonyl (C=O) groups excluding carboxylic acids is 1. The molecule has 1 atom stereocenters. The minimum Gasteiger partial charge on any atom is -0.339 e. The van der Waals surface area contributed by atoms with E-state index in [0.29, 0.717) is 18.5 Å². The van der Waals surface area contributed by atoms with Gasteiger partial charge >= 0.3 is 0 Å². The van der Waals surface area contributed by atoms with Crippen molar-refractivity contribution in [2.24, 2.45) is 5.92 Å². The van der Waals surface area contributed by atoms with Gasteiger partial charge in [0.2, 0.25) is 5.91 Å². The van der Waals surface area contributed by atoms with Crippen LogP contribution in [0.5, 0.6) is 0 Å².